The lowest BCUT2D eigenvalue weighted by Gasteiger charge is -2.22. The van der Waals surface area contributed by atoms with Crippen LogP contribution < -0.4 is 5.73 Å². The van der Waals surface area contributed by atoms with E-state index in [0.717, 1.165) is 5.56 Å². The minimum absolute atomic E-state index is 0.0389. The number of halogens is 2. The topological polar surface area (TPSA) is 117 Å². The van der Waals surface area contributed by atoms with Crippen molar-refractivity contribution in [1.29, 1.82) is 5.26 Å². The highest BCUT2D eigenvalue weighted by molar-refractivity contribution is 7.89. The summed E-state index contributed by atoms with van der Waals surface area (Å²) in [7, 11) is -3.93. The number of sulfonamides is 1. The maximum Gasteiger partial charge on any atom is 0.259 e. The molecule has 7 nitrogen and oxygen atoms in total. The van der Waals surface area contributed by atoms with Gasteiger partial charge in [0.2, 0.25) is 10.0 Å². The molecule has 0 spiro atoms. The molecule has 170 valence electrons. The lowest BCUT2D eigenvalue weighted by Crippen LogP contribution is -2.30. The van der Waals surface area contributed by atoms with Crippen LogP contribution in [-0.4, -0.2) is 18.6 Å². The van der Waals surface area contributed by atoms with Crippen LogP contribution in [0.3, 0.4) is 0 Å². The van der Waals surface area contributed by atoms with Gasteiger partial charge in [-0.15, -0.1) is 0 Å². The van der Waals surface area contributed by atoms with Gasteiger partial charge in [-0.2, -0.15) is 9.57 Å². The van der Waals surface area contributed by atoms with Gasteiger partial charge in [0.25, 0.3) is 5.91 Å². The number of amides is 1. The number of benzene rings is 2. The minimum atomic E-state index is -3.93. The van der Waals surface area contributed by atoms with Gasteiger partial charge >= 0.3 is 0 Å². The molecule has 0 aliphatic carbocycles. The maximum absolute atomic E-state index is 13.4. The van der Waals surface area contributed by atoms with Gasteiger partial charge in [-0.1, -0.05) is 47.0 Å². The Morgan fingerprint density at radius 1 is 1.12 bits per heavy atom. The van der Waals surface area contributed by atoms with Gasteiger partial charge < -0.3 is 10.2 Å². The summed E-state index contributed by atoms with van der Waals surface area (Å²) in [4.78, 5) is 11.4. The number of furan rings is 1. The molecule has 0 aliphatic rings. The number of carbonyl (C=O) groups excluding carboxylic acids is 1. The molecule has 3 rings (SSSR count). The Hall–Kier alpha value is -3.09. The van der Waals surface area contributed by atoms with E-state index >= 15 is 0 Å². The molecule has 2 N–H and O–H groups in total. The molecule has 0 saturated heterocycles. The number of carbonyl (C=O) groups is 1. The summed E-state index contributed by atoms with van der Waals surface area (Å²) in [5.74, 6) is -0.405. The molecule has 0 unspecified atom stereocenters. The van der Waals surface area contributed by atoms with E-state index in [0.29, 0.717) is 21.4 Å². The zero-order valence-corrected chi connectivity index (χ0v) is 19.8. The number of hydrogen-bond acceptors (Lipinski definition) is 5. The first kappa shape index (κ1) is 24.6. The van der Waals surface area contributed by atoms with Crippen LogP contribution in [0.1, 0.15) is 22.6 Å². The van der Waals surface area contributed by atoms with E-state index in [-0.39, 0.29) is 29.3 Å². The third-order valence-corrected chi connectivity index (χ3v) is 7.10. The molecular weight excluding hydrogens is 485 g/mol. The fraction of sp³-hybridized carbons (Fsp3) is 0.130. The highest BCUT2D eigenvalue weighted by Crippen LogP contribution is 2.27. The van der Waals surface area contributed by atoms with Gasteiger partial charge in [-0.05, 0) is 48.9 Å². The van der Waals surface area contributed by atoms with Crippen LogP contribution in [0, 0.1) is 18.3 Å². The second kappa shape index (κ2) is 10.2. The Labute approximate surface area is 201 Å². The molecule has 10 heteroatoms. The van der Waals surface area contributed by atoms with Crippen molar-refractivity contribution >= 4 is 45.2 Å². The van der Waals surface area contributed by atoms with Crippen LogP contribution in [0.25, 0.3) is 6.08 Å². The van der Waals surface area contributed by atoms with Gasteiger partial charge in [-0.25, -0.2) is 8.42 Å². The molecular formula is C23H19Cl2N3O4S. The van der Waals surface area contributed by atoms with Crippen LogP contribution in [0.15, 0.2) is 69.5 Å². The smallest absolute Gasteiger partial charge is 0.259 e. The fourth-order valence-corrected chi connectivity index (χ4v) is 4.81. The van der Waals surface area contributed by atoms with Gasteiger partial charge in [0.15, 0.2) is 0 Å². The summed E-state index contributed by atoms with van der Waals surface area (Å²) >= 11 is 12.3. The second-order valence-electron chi connectivity index (χ2n) is 7.16. The molecule has 0 aliphatic heterocycles. The van der Waals surface area contributed by atoms with E-state index in [1.54, 1.807) is 36.4 Å². The van der Waals surface area contributed by atoms with E-state index in [1.165, 1.54) is 34.6 Å². The molecule has 3 aromatic rings. The Balaban J connectivity index is 1.98. The molecule has 0 saturated carbocycles. The van der Waals surface area contributed by atoms with Crippen LogP contribution in [0.2, 0.25) is 10.0 Å². The summed E-state index contributed by atoms with van der Waals surface area (Å²) in [6.45, 7) is 1.70. The van der Waals surface area contributed by atoms with Crippen molar-refractivity contribution in [3.63, 3.8) is 0 Å². The standard InChI is InChI=1S/C23H19Cl2N3O4S/c1-15-2-8-21(9-3-15)33(30,31)28(13-16-4-5-18(24)11-22(16)25)14-20-7-6-19(32-20)10-17(12-26)23(27)29/h2-11H,13-14H2,1H3,(H2,27,29)/b17-10-. The number of nitriles is 1. The lowest BCUT2D eigenvalue weighted by molar-refractivity contribution is -0.114. The highest BCUT2D eigenvalue weighted by atomic mass is 35.5. The summed E-state index contributed by atoms with van der Waals surface area (Å²) in [5.41, 5.74) is 6.34. The SMILES string of the molecule is Cc1ccc(S(=O)(=O)N(Cc2ccc(/C=C(/C#N)C(N)=O)o2)Cc2ccc(Cl)cc2Cl)cc1. The Kier molecular flexibility index (Phi) is 7.61. The Bertz CT molecular complexity index is 1360. The van der Waals surface area contributed by atoms with Crippen LogP contribution in [-0.2, 0) is 27.9 Å². The molecule has 1 aromatic heterocycles. The molecule has 2 aromatic carbocycles. The molecule has 0 radical (unpaired) electrons. The minimum Gasteiger partial charge on any atom is -0.460 e. The molecule has 0 atom stereocenters. The van der Waals surface area contributed by atoms with Crippen LogP contribution in [0.5, 0.6) is 0 Å². The highest BCUT2D eigenvalue weighted by Gasteiger charge is 2.27. The zero-order valence-electron chi connectivity index (χ0n) is 17.5. The summed E-state index contributed by atoms with van der Waals surface area (Å²) in [6, 6.07) is 16.1. The predicted octanol–water partition coefficient (Wildman–Crippen LogP) is 4.68. The van der Waals surface area contributed by atoms with E-state index in [1.807, 2.05) is 6.92 Å². The molecule has 0 bridgehead atoms. The van der Waals surface area contributed by atoms with Gasteiger partial charge in [0.05, 0.1) is 11.4 Å². The first-order valence-electron chi connectivity index (χ1n) is 9.61. The lowest BCUT2D eigenvalue weighted by atomic mass is 10.2. The third-order valence-electron chi connectivity index (χ3n) is 4.71. The van der Waals surface area contributed by atoms with Crippen molar-refractivity contribution in [1.82, 2.24) is 4.31 Å². The van der Waals surface area contributed by atoms with Gasteiger partial charge in [0.1, 0.15) is 23.2 Å². The molecule has 1 heterocycles. The van der Waals surface area contributed by atoms with E-state index in [4.69, 9.17) is 38.6 Å². The first-order chi connectivity index (χ1) is 15.6. The average Bonchev–Trinajstić information content (AvgIpc) is 3.20. The maximum atomic E-state index is 13.4. The second-order valence-corrected chi connectivity index (χ2v) is 9.94. The average molecular weight is 504 g/mol. The summed E-state index contributed by atoms with van der Waals surface area (Å²) in [5, 5.41) is 9.76. The molecule has 33 heavy (non-hydrogen) atoms. The van der Waals surface area contributed by atoms with Crippen molar-refractivity contribution in [2.24, 2.45) is 5.73 Å². The fourth-order valence-electron chi connectivity index (χ4n) is 2.96. The van der Waals surface area contributed by atoms with Crippen molar-refractivity contribution in [2.75, 3.05) is 0 Å². The monoisotopic (exact) mass is 503 g/mol. The van der Waals surface area contributed by atoms with E-state index in [2.05, 4.69) is 0 Å². The largest absolute Gasteiger partial charge is 0.460 e. The summed E-state index contributed by atoms with van der Waals surface area (Å²) in [6.07, 6.45) is 1.20. The van der Waals surface area contributed by atoms with E-state index < -0.39 is 15.9 Å². The number of nitrogens with two attached hydrogens (primary N) is 1. The first-order valence-corrected chi connectivity index (χ1v) is 11.8. The summed E-state index contributed by atoms with van der Waals surface area (Å²) < 4.78 is 33.8. The molecule has 1 amide bonds. The quantitative estimate of drug-likeness (QED) is 0.353. The Morgan fingerprint density at radius 3 is 2.42 bits per heavy atom. The third kappa shape index (κ3) is 6.03. The van der Waals surface area contributed by atoms with Crippen LogP contribution >= 0.6 is 23.2 Å². The number of nitrogens with zero attached hydrogens (tertiary/aromatic N) is 2. The van der Waals surface area contributed by atoms with Gasteiger partial charge in [-0.3, -0.25) is 4.79 Å². The van der Waals surface area contributed by atoms with Crippen molar-refractivity contribution in [2.45, 2.75) is 24.9 Å². The number of rotatable bonds is 8. The Morgan fingerprint density at radius 2 is 1.82 bits per heavy atom. The predicted molar refractivity (Wildman–Crippen MR) is 126 cm³/mol. The van der Waals surface area contributed by atoms with Crippen molar-refractivity contribution < 1.29 is 17.6 Å². The van der Waals surface area contributed by atoms with E-state index in [9.17, 15) is 13.2 Å². The van der Waals surface area contributed by atoms with Gasteiger partial charge in [0, 0.05) is 22.7 Å². The normalized spacial score (nSPS) is 12.0. The number of primary amides is 1. The number of aryl methyl sites for hydroxylation is 1. The van der Waals surface area contributed by atoms with Crippen molar-refractivity contribution in [3.05, 3.63) is 92.9 Å². The zero-order chi connectivity index (χ0) is 24.2. The number of hydrogen-bond donors (Lipinski definition) is 1. The van der Waals surface area contributed by atoms with Crippen LogP contribution in [0.4, 0.5) is 0 Å². The molecule has 0 fully saturated rings. The van der Waals surface area contributed by atoms with Crippen molar-refractivity contribution in [3.8, 4) is 6.07 Å².